The maximum atomic E-state index is 5.63. The van der Waals surface area contributed by atoms with E-state index in [2.05, 4.69) is 22.2 Å². The van der Waals surface area contributed by atoms with Gasteiger partial charge in [-0.2, -0.15) is 11.8 Å². The summed E-state index contributed by atoms with van der Waals surface area (Å²) in [6.45, 7) is 0. The van der Waals surface area contributed by atoms with Crippen molar-refractivity contribution >= 4 is 23.1 Å². The number of thioether (sulfide) groups is 1. The molecule has 1 saturated heterocycles. The van der Waals surface area contributed by atoms with Gasteiger partial charge < -0.3 is 0 Å². The molecule has 0 saturated carbocycles. The van der Waals surface area contributed by atoms with E-state index in [1.807, 2.05) is 11.6 Å². The van der Waals surface area contributed by atoms with Crippen LogP contribution in [0.3, 0.4) is 0 Å². The summed E-state index contributed by atoms with van der Waals surface area (Å²) in [5, 5.41) is 3.87. The van der Waals surface area contributed by atoms with Gasteiger partial charge in [-0.05, 0) is 18.6 Å². The predicted molar refractivity (Wildman–Crippen MR) is 67.0 cm³/mol. The highest BCUT2D eigenvalue weighted by Crippen LogP contribution is 2.28. The molecule has 84 valence electrons. The zero-order valence-electron chi connectivity index (χ0n) is 8.69. The third kappa shape index (κ3) is 3.17. The minimum Gasteiger partial charge on any atom is -0.271 e. The van der Waals surface area contributed by atoms with E-state index in [4.69, 9.17) is 5.84 Å². The highest BCUT2D eigenvalue weighted by atomic mass is 32.2. The van der Waals surface area contributed by atoms with Gasteiger partial charge in [0.15, 0.2) is 0 Å². The second-order valence-corrected chi connectivity index (χ2v) is 6.13. The number of hydrazine groups is 1. The Morgan fingerprint density at radius 1 is 1.60 bits per heavy atom. The van der Waals surface area contributed by atoms with Crippen molar-refractivity contribution in [2.75, 3.05) is 5.75 Å². The summed E-state index contributed by atoms with van der Waals surface area (Å²) in [6, 6.07) is 0.376. The van der Waals surface area contributed by atoms with E-state index >= 15 is 0 Å². The van der Waals surface area contributed by atoms with Crippen molar-refractivity contribution in [3.8, 4) is 0 Å². The van der Waals surface area contributed by atoms with Crippen LogP contribution < -0.4 is 11.3 Å². The van der Waals surface area contributed by atoms with Crippen LogP contribution in [0.1, 0.15) is 24.3 Å². The maximum Gasteiger partial charge on any atom is 0.0941 e. The molecule has 1 aromatic heterocycles. The number of hydrogen-bond donors (Lipinski definition) is 2. The molecule has 2 atom stereocenters. The summed E-state index contributed by atoms with van der Waals surface area (Å²) in [5.74, 6) is 6.91. The van der Waals surface area contributed by atoms with Gasteiger partial charge in [-0.1, -0.05) is 6.42 Å². The molecule has 1 fully saturated rings. The summed E-state index contributed by atoms with van der Waals surface area (Å²) in [6.07, 6.45) is 6.81. The van der Waals surface area contributed by atoms with Crippen LogP contribution in [0.4, 0.5) is 0 Å². The first-order valence-electron chi connectivity index (χ1n) is 5.36. The van der Waals surface area contributed by atoms with E-state index in [-0.39, 0.29) is 0 Å². The van der Waals surface area contributed by atoms with Crippen LogP contribution in [0, 0.1) is 0 Å². The summed E-state index contributed by atoms with van der Waals surface area (Å²) in [5.41, 5.74) is 2.96. The van der Waals surface area contributed by atoms with Gasteiger partial charge in [0.05, 0.1) is 5.01 Å². The van der Waals surface area contributed by atoms with Crippen LogP contribution in [-0.4, -0.2) is 22.0 Å². The number of aromatic nitrogens is 1. The normalized spacial score (nSPS) is 23.9. The minimum atomic E-state index is 0.376. The van der Waals surface area contributed by atoms with Gasteiger partial charge in [0.25, 0.3) is 0 Å². The fraction of sp³-hybridized carbons (Fsp3) is 0.700. The smallest absolute Gasteiger partial charge is 0.0941 e. The standard InChI is InChI=1S/C10H17N3S2/c11-13-8(7-10-12-4-6-15-10)9-3-1-2-5-14-9/h4,6,8-9,13H,1-3,5,7,11H2. The molecule has 0 radical (unpaired) electrons. The van der Waals surface area contributed by atoms with Gasteiger partial charge in [-0.25, -0.2) is 4.98 Å². The molecule has 2 unspecified atom stereocenters. The van der Waals surface area contributed by atoms with Crippen LogP contribution in [0.25, 0.3) is 0 Å². The van der Waals surface area contributed by atoms with Gasteiger partial charge in [0, 0.05) is 29.3 Å². The molecular formula is C10H17N3S2. The summed E-state index contributed by atoms with van der Waals surface area (Å²) in [4.78, 5) is 4.31. The molecule has 2 heterocycles. The Morgan fingerprint density at radius 3 is 3.13 bits per heavy atom. The van der Waals surface area contributed by atoms with Crippen LogP contribution in [-0.2, 0) is 6.42 Å². The molecule has 3 nitrogen and oxygen atoms in total. The molecule has 1 aliphatic rings. The lowest BCUT2D eigenvalue weighted by Crippen LogP contribution is -2.45. The second kappa shape index (κ2) is 5.84. The lowest BCUT2D eigenvalue weighted by molar-refractivity contribution is 0.471. The molecule has 1 aromatic rings. The molecule has 2 rings (SSSR count). The third-order valence-corrected chi connectivity index (χ3v) is 5.07. The number of nitrogens with two attached hydrogens (primary N) is 1. The summed E-state index contributed by atoms with van der Waals surface area (Å²) in [7, 11) is 0. The Kier molecular flexibility index (Phi) is 4.43. The molecule has 0 bridgehead atoms. The first-order chi connectivity index (χ1) is 7.40. The van der Waals surface area contributed by atoms with E-state index in [1.165, 1.54) is 30.0 Å². The van der Waals surface area contributed by atoms with E-state index in [0.29, 0.717) is 11.3 Å². The lowest BCUT2D eigenvalue weighted by Gasteiger charge is -2.28. The molecule has 3 N–H and O–H groups in total. The van der Waals surface area contributed by atoms with Gasteiger partial charge in [-0.3, -0.25) is 11.3 Å². The average Bonchev–Trinajstić information content (AvgIpc) is 2.80. The van der Waals surface area contributed by atoms with Crippen molar-refractivity contribution < 1.29 is 0 Å². The Balaban J connectivity index is 1.91. The highest BCUT2D eigenvalue weighted by molar-refractivity contribution is 8.00. The van der Waals surface area contributed by atoms with Crippen molar-refractivity contribution in [1.82, 2.24) is 10.4 Å². The zero-order valence-corrected chi connectivity index (χ0v) is 10.3. The van der Waals surface area contributed by atoms with Crippen LogP contribution in [0.15, 0.2) is 11.6 Å². The fourth-order valence-corrected chi connectivity index (χ4v) is 4.01. The van der Waals surface area contributed by atoms with Crippen LogP contribution in [0.5, 0.6) is 0 Å². The Bertz CT molecular complexity index is 270. The molecule has 0 amide bonds. The monoisotopic (exact) mass is 243 g/mol. The van der Waals surface area contributed by atoms with Crippen molar-refractivity contribution in [3.05, 3.63) is 16.6 Å². The van der Waals surface area contributed by atoms with Crippen molar-refractivity contribution in [1.29, 1.82) is 0 Å². The van der Waals surface area contributed by atoms with Crippen molar-refractivity contribution in [2.45, 2.75) is 37.0 Å². The maximum absolute atomic E-state index is 5.63. The van der Waals surface area contributed by atoms with E-state index in [0.717, 1.165) is 6.42 Å². The van der Waals surface area contributed by atoms with Crippen molar-refractivity contribution in [3.63, 3.8) is 0 Å². The summed E-state index contributed by atoms with van der Waals surface area (Å²) < 4.78 is 0. The average molecular weight is 243 g/mol. The van der Waals surface area contributed by atoms with Gasteiger partial charge in [-0.15, -0.1) is 11.3 Å². The Morgan fingerprint density at radius 2 is 2.53 bits per heavy atom. The number of nitrogens with zero attached hydrogens (tertiary/aromatic N) is 1. The number of hydrogen-bond acceptors (Lipinski definition) is 5. The van der Waals surface area contributed by atoms with Crippen LogP contribution in [0.2, 0.25) is 0 Å². The number of thiazole rings is 1. The molecule has 0 aliphatic carbocycles. The molecule has 0 aromatic carbocycles. The van der Waals surface area contributed by atoms with Crippen molar-refractivity contribution in [2.24, 2.45) is 5.84 Å². The van der Waals surface area contributed by atoms with Gasteiger partial charge >= 0.3 is 0 Å². The largest absolute Gasteiger partial charge is 0.271 e. The van der Waals surface area contributed by atoms with E-state index in [1.54, 1.807) is 11.3 Å². The van der Waals surface area contributed by atoms with E-state index in [9.17, 15) is 0 Å². The highest BCUT2D eigenvalue weighted by Gasteiger charge is 2.24. The minimum absolute atomic E-state index is 0.376. The fourth-order valence-electron chi connectivity index (χ4n) is 1.92. The Hall–Kier alpha value is -0.100. The zero-order chi connectivity index (χ0) is 10.5. The SMILES string of the molecule is NNC(Cc1nccs1)C1CCCCS1. The number of rotatable bonds is 4. The summed E-state index contributed by atoms with van der Waals surface area (Å²) >= 11 is 3.77. The first kappa shape index (κ1) is 11.4. The molecule has 0 spiro atoms. The predicted octanol–water partition coefficient (Wildman–Crippen LogP) is 1.80. The van der Waals surface area contributed by atoms with Gasteiger partial charge in [0.2, 0.25) is 0 Å². The molecule has 1 aliphatic heterocycles. The Labute approximate surface area is 98.8 Å². The number of nitrogens with one attached hydrogen (secondary N) is 1. The second-order valence-electron chi connectivity index (χ2n) is 3.81. The first-order valence-corrected chi connectivity index (χ1v) is 7.29. The molecule has 15 heavy (non-hydrogen) atoms. The lowest BCUT2D eigenvalue weighted by atomic mass is 10.1. The van der Waals surface area contributed by atoms with Crippen LogP contribution >= 0.6 is 23.1 Å². The quantitative estimate of drug-likeness (QED) is 0.625. The van der Waals surface area contributed by atoms with Gasteiger partial charge in [0.1, 0.15) is 0 Å². The third-order valence-electron chi connectivity index (χ3n) is 2.76. The topological polar surface area (TPSA) is 50.9 Å². The van der Waals surface area contributed by atoms with E-state index < -0.39 is 0 Å². The molecule has 5 heteroatoms. The molecular weight excluding hydrogens is 226 g/mol.